The lowest BCUT2D eigenvalue weighted by Crippen LogP contribution is -2.36. The van der Waals surface area contributed by atoms with Gasteiger partial charge in [0.2, 0.25) is 5.88 Å². The van der Waals surface area contributed by atoms with Crippen molar-refractivity contribution in [3.05, 3.63) is 46.6 Å². The lowest BCUT2D eigenvalue weighted by Gasteiger charge is -2.15. The van der Waals surface area contributed by atoms with E-state index in [0.29, 0.717) is 18.0 Å². The third kappa shape index (κ3) is 9.39. The van der Waals surface area contributed by atoms with Crippen LogP contribution in [0.2, 0.25) is 5.02 Å². The van der Waals surface area contributed by atoms with Crippen molar-refractivity contribution in [2.24, 2.45) is 0 Å². The fourth-order valence-corrected chi connectivity index (χ4v) is 3.57. The van der Waals surface area contributed by atoms with E-state index in [1.807, 2.05) is 0 Å². The first-order valence-corrected chi connectivity index (χ1v) is 11.7. The van der Waals surface area contributed by atoms with Gasteiger partial charge in [0.25, 0.3) is 0 Å². The molecule has 0 fully saturated rings. The Bertz CT molecular complexity index is 1130. The first kappa shape index (κ1) is 28.4. The van der Waals surface area contributed by atoms with Crippen molar-refractivity contribution in [2.45, 2.75) is 32.6 Å². The zero-order chi connectivity index (χ0) is 26.2. The molecule has 15 heteroatoms. The predicted molar refractivity (Wildman–Crippen MR) is 119 cm³/mol. The van der Waals surface area contributed by atoms with Gasteiger partial charge in [0.1, 0.15) is 23.1 Å². The van der Waals surface area contributed by atoms with E-state index in [4.69, 9.17) is 25.8 Å². The molecule has 0 saturated heterocycles. The lowest BCUT2D eigenvalue weighted by molar-refractivity contribution is -0.137. The number of rotatable bonds is 11. The monoisotopic (exact) mass is 541 g/mol. The molecule has 2 N–H and O–H groups in total. The molecule has 0 spiro atoms. The van der Waals surface area contributed by atoms with E-state index >= 15 is 0 Å². The van der Waals surface area contributed by atoms with Crippen molar-refractivity contribution >= 4 is 28.0 Å². The van der Waals surface area contributed by atoms with Gasteiger partial charge in [0.15, 0.2) is 0 Å². The highest BCUT2D eigenvalue weighted by atomic mass is 35.5. The summed E-state index contributed by atoms with van der Waals surface area (Å²) >= 11 is 5.92. The van der Waals surface area contributed by atoms with Crippen LogP contribution in [0.5, 0.6) is 17.4 Å². The van der Waals surface area contributed by atoms with Crippen LogP contribution in [-0.4, -0.2) is 45.9 Å². The second-order valence-electron chi connectivity index (χ2n) is 7.17. The normalized spacial score (nSPS) is 11.9. The van der Waals surface area contributed by atoms with Gasteiger partial charge in [0.05, 0.1) is 12.2 Å². The number of alkyl halides is 3. The van der Waals surface area contributed by atoms with Crippen LogP contribution in [0, 0.1) is 0 Å². The summed E-state index contributed by atoms with van der Waals surface area (Å²) in [4.78, 5) is 15.6. The number of benzene rings is 1. The van der Waals surface area contributed by atoms with Gasteiger partial charge in [-0.25, -0.2) is 9.78 Å². The zero-order valence-corrected chi connectivity index (χ0v) is 20.4. The van der Waals surface area contributed by atoms with Crippen LogP contribution in [0.3, 0.4) is 0 Å². The maximum Gasteiger partial charge on any atom is 0.423 e. The van der Waals surface area contributed by atoms with Crippen LogP contribution in [0.25, 0.3) is 0 Å². The molecule has 1 aromatic carbocycles. The summed E-state index contributed by atoms with van der Waals surface area (Å²) in [6.45, 7) is 3.29. The Balaban J connectivity index is 2.24. The number of carbonyl (C=O) groups excluding carboxylic acids is 1. The number of nitrogens with one attached hydrogen (secondary N) is 2. The second kappa shape index (κ2) is 12.2. The Hall–Kier alpha value is -2.81. The topological polar surface area (TPSA) is 125 Å². The van der Waals surface area contributed by atoms with Gasteiger partial charge in [-0.15, -0.1) is 0 Å². The number of amides is 1. The van der Waals surface area contributed by atoms with Crippen molar-refractivity contribution in [3.8, 4) is 17.4 Å². The Labute approximate surface area is 204 Å². The highest BCUT2D eigenvalue weighted by molar-refractivity contribution is 7.85. The third-order valence-electron chi connectivity index (χ3n) is 3.92. The van der Waals surface area contributed by atoms with E-state index in [0.717, 1.165) is 0 Å². The van der Waals surface area contributed by atoms with Gasteiger partial charge < -0.3 is 23.7 Å². The Kier molecular flexibility index (Phi) is 9.94. The fraction of sp³-hybridized carbons (Fsp3) is 0.400. The van der Waals surface area contributed by atoms with Crippen LogP contribution in [-0.2, 0) is 31.9 Å². The van der Waals surface area contributed by atoms with Gasteiger partial charge in [-0.3, -0.25) is 0 Å². The van der Waals surface area contributed by atoms with Crippen molar-refractivity contribution in [1.82, 2.24) is 15.0 Å². The summed E-state index contributed by atoms with van der Waals surface area (Å²) in [5.41, 5.74) is -0.777. The van der Waals surface area contributed by atoms with Crippen LogP contribution >= 0.6 is 11.6 Å². The van der Waals surface area contributed by atoms with E-state index in [9.17, 15) is 26.4 Å². The number of nitrogens with zero attached hydrogens (tertiary/aromatic N) is 1. The zero-order valence-electron chi connectivity index (χ0n) is 18.8. The number of halogens is 4. The summed E-state index contributed by atoms with van der Waals surface area (Å²) in [7, 11) is -2.84. The second-order valence-corrected chi connectivity index (χ2v) is 8.89. The van der Waals surface area contributed by atoms with Crippen molar-refractivity contribution in [2.75, 3.05) is 20.3 Å². The number of pyridine rings is 1. The lowest BCUT2D eigenvalue weighted by atomic mass is 10.2. The highest BCUT2D eigenvalue weighted by Gasteiger charge is 2.32. The maximum atomic E-state index is 12.9. The standard InChI is InChI=1S/C20H23ClF3N3O7S/c1-12(2)27-35(29,30)34-19(28)26-10-13-4-5-15(32-7-6-31-3)9-17(13)33-18-16(21)8-14(11-25-18)20(22,23)24/h4-5,8-9,11-12,27H,6-7,10H2,1-3H3,(H,26,28). The SMILES string of the molecule is COCCOc1ccc(CNC(=O)OS(=O)(=O)NC(C)C)c(Oc2ncc(C(F)(F)F)cc2Cl)c1. The third-order valence-corrected chi connectivity index (χ3v) is 5.33. The predicted octanol–water partition coefficient (Wildman–Crippen LogP) is 4.04. The minimum absolute atomic E-state index is 0.0255. The molecule has 0 bridgehead atoms. The molecule has 2 aromatic rings. The van der Waals surface area contributed by atoms with E-state index in [1.54, 1.807) is 13.8 Å². The largest absolute Gasteiger partial charge is 0.491 e. The van der Waals surface area contributed by atoms with Crippen LogP contribution in [0.15, 0.2) is 30.5 Å². The molecule has 1 amide bonds. The minimum Gasteiger partial charge on any atom is -0.491 e. The van der Waals surface area contributed by atoms with Crippen molar-refractivity contribution in [1.29, 1.82) is 0 Å². The van der Waals surface area contributed by atoms with Crippen LogP contribution < -0.4 is 19.5 Å². The van der Waals surface area contributed by atoms with Crippen molar-refractivity contribution in [3.63, 3.8) is 0 Å². The number of ether oxygens (including phenoxy) is 3. The quantitative estimate of drug-likeness (QED) is 0.408. The maximum absolute atomic E-state index is 12.9. The van der Waals surface area contributed by atoms with E-state index in [1.165, 1.54) is 25.3 Å². The average molecular weight is 542 g/mol. The first-order valence-electron chi connectivity index (χ1n) is 9.95. The fourth-order valence-electron chi connectivity index (χ4n) is 2.48. The van der Waals surface area contributed by atoms with Crippen molar-refractivity contribution < 1.29 is 44.8 Å². The molecule has 194 valence electrons. The molecular weight excluding hydrogens is 519 g/mol. The molecule has 35 heavy (non-hydrogen) atoms. The van der Waals surface area contributed by atoms with Gasteiger partial charge in [-0.05, 0) is 32.0 Å². The number of hydrogen-bond donors (Lipinski definition) is 2. The van der Waals surface area contributed by atoms with Gasteiger partial charge >= 0.3 is 22.6 Å². The summed E-state index contributed by atoms with van der Waals surface area (Å²) < 4.78 is 84.6. The molecule has 2 rings (SSSR count). The van der Waals surface area contributed by atoms with Gasteiger partial charge in [-0.1, -0.05) is 11.6 Å². The molecule has 0 aliphatic rings. The van der Waals surface area contributed by atoms with Gasteiger partial charge in [-0.2, -0.15) is 26.3 Å². The van der Waals surface area contributed by atoms with Crippen LogP contribution in [0.4, 0.5) is 18.0 Å². The molecule has 0 radical (unpaired) electrons. The number of methoxy groups -OCH3 is 1. The Morgan fingerprint density at radius 3 is 2.51 bits per heavy atom. The minimum atomic E-state index is -4.65. The molecule has 0 saturated carbocycles. The highest BCUT2D eigenvalue weighted by Crippen LogP contribution is 2.36. The number of carbonyl (C=O) groups is 1. The first-order chi connectivity index (χ1) is 16.3. The summed E-state index contributed by atoms with van der Waals surface area (Å²) in [5.74, 6) is 0.00825. The summed E-state index contributed by atoms with van der Waals surface area (Å²) in [6.07, 6.45) is -5.36. The smallest absolute Gasteiger partial charge is 0.423 e. The Morgan fingerprint density at radius 2 is 1.91 bits per heavy atom. The molecule has 0 unspecified atom stereocenters. The molecule has 1 heterocycles. The molecule has 0 atom stereocenters. The molecule has 10 nitrogen and oxygen atoms in total. The van der Waals surface area contributed by atoms with E-state index < -0.39 is 39.2 Å². The Morgan fingerprint density at radius 1 is 1.20 bits per heavy atom. The average Bonchev–Trinajstić information content (AvgIpc) is 2.72. The van der Waals surface area contributed by atoms with Crippen LogP contribution in [0.1, 0.15) is 25.0 Å². The summed E-state index contributed by atoms with van der Waals surface area (Å²) in [6, 6.07) is 4.56. The molecule has 1 aromatic heterocycles. The van der Waals surface area contributed by atoms with E-state index in [2.05, 4.69) is 19.2 Å². The molecule has 0 aliphatic heterocycles. The summed E-state index contributed by atoms with van der Waals surface area (Å²) in [5, 5.41) is 1.84. The number of aromatic nitrogens is 1. The van der Waals surface area contributed by atoms with Gasteiger partial charge in [0, 0.05) is 37.5 Å². The molecular formula is C20H23ClF3N3O7S. The van der Waals surface area contributed by atoms with E-state index in [-0.39, 0.29) is 37.0 Å². The molecule has 0 aliphatic carbocycles. The number of hydrogen-bond acceptors (Lipinski definition) is 8.